The van der Waals surface area contributed by atoms with Crippen molar-refractivity contribution in [3.63, 3.8) is 0 Å². The highest BCUT2D eigenvalue weighted by atomic mass is 79.9. The molecule has 2 aromatic rings. The molecular formula is C16H23BrN4. The molecule has 1 unspecified atom stereocenters. The van der Waals surface area contributed by atoms with Gasteiger partial charge in [-0.05, 0) is 60.3 Å². The minimum atomic E-state index is 0.0731. The van der Waals surface area contributed by atoms with Crippen LogP contribution in [0.2, 0.25) is 0 Å². The van der Waals surface area contributed by atoms with E-state index in [9.17, 15) is 0 Å². The van der Waals surface area contributed by atoms with Crippen LogP contribution in [0.15, 0.2) is 22.7 Å². The molecule has 0 saturated heterocycles. The van der Waals surface area contributed by atoms with E-state index in [4.69, 9.17) is 5.84 Å². The van der Waals surface area contributed by atoms with Crippen LogP contribution in [0, 0.1) is 20.8 Å². The first kappa shape index (κ1) is 16.2. The predicted octanol–water partition coefficient (Wildman–Crippen LogP) is 3.34. The number of aryl methyl sites for hydroxylation is 4. The zero-order valence-corrected chi connectivity index (χ0v) is 14.7. The van der Waals surface area contributed by atoms with Gasteiger partial charge in [-0.1, -0.05) is 18.2 Å². The number of hydrogen-bond acceptors (Lipinski definition) is 3. The molecule has 0 bridgehead atoms. The number of hydrazine groups is 1. The van der Waals surface area contributed by atoms with Crippen LogP contribution in [0.4, 0.5) is 0 Å². The molecule has 0 radical (unpaired) electrons. The number of benzene rings is 1. The van der Waals surface area contributed by atoms with Crippen LogP contribution in [0.1, 0.15) is 41.0 Å². The van der Waals surface area contributed by atoms with E-state index in [-0.39, 0.29) is 6.04 Å². The minimum Gasteiger partial charge on any atom is -0.271 e. The molecule has 5 heteroatoms. The Hall–Kier alpha value is -1.17. The second-order valence-corrected chi connectivity index (χ2v) is 6.18. The van der Waals surface area contributed by atoms with Crippen molar-refractivity contribution in [2.24, 2.45) is 5.84 Å². The summed E-state index contributed by atoms with van der Waals surface area (Å²) in [7, 11) is 0. The average molecular weight is 351 g/mol. The summed E-state index contributed by atoms with van der Waals surface area (Å²) in [5.41, 5.74) is 8.96. The molecule has 0 aliphatic heterocycles. The molecule has 0 saturated carbocycles. The van der Waals surface area contributed by atoms with Crippen LogP contribution in [0.25, 0.3) is 0 Å². The summed E-state index contributed by atoms with van der Waals surface area (Å²) in [5.74, 6) is 5.84. The average Bonchev–Trinajstić information content (AvgIpc) is 2.73. The van der Waals surface area contributed by atoms with E-state index >= 15 is 0 Å². The van der Waals surface area contributed by atoms with Crippen molar-refractivity contribution in [1.82, 2.24) is 15.2 Å². The van der Waals surface area contributed by atoms with Gasteiger partial charge in [0.05, 0.1) is 21.9 Å². The normalized spacial score (nSPS) is 12.7. The lowest BCUT2D eigenvalue weighted by molar-refractivity contribution is 0.512. The third-order valence-corrected chi connectivity index (χ3v) is 4.97. The quantitative estimate of drug-likeness (QED) is 0.642. The van der Waals surface area contributed by atoms with E-state index in [1.807, 2.05) is 11.6 Å². The van der Waals surface area contributed by atoms with Gasteiger partial charge >= 0.3 is 0 Å². The molecular weight excluding hydrogens is 328 g/mol. The fourth-order valence-corrected chi connectivity index (χ4v) is 3.32. The summed E-state index contributed by atoms with van der Waals surface area (Å²) in [6.07, 6.45) is 0.803. The molecule has 21 heavy (non-hydrogen) atoms. The fraction of sp³-hybridized carbons (Fsp3) is 0.438. The second kappa shape index (κ2) is 6.73. The predicted molar refractivity (Wildman–Crippen MR) is 90.0 cm³/mol. The Bertz CT molecular complexity index is 613. The number of nitrogens with two attached hydrogens (primary N) is 1. The van der Waals surface area contributed by atoms with Crippen molar-refractivity contribution in [3.05, 3.63) is 50.8 Å². The fourth-order valence-electron chi connectivity index (χ4n) is 2.88. The van der Waals surface area contributed by atoms with Gasteiger partial charge in [-0.25, -0.2) is 0 Å². The Balaban J connectivity index is 2.41. The van der Waals surface area contributed by atoms with Crippen molar-refractivity contribution in [1.29, 1.82) is 0 Å². The monoisotopic (exact) mass is 350 g/mol. The SMILES string of the molecule is CCn1nc(C)c(Br)c1CC(NN)c1c(C)cccc1C. The highest BCUT2D eigenvalue weighted by molar-refractivity contribution is 9.10. The molecule has 1 aromatic carbocycles. The summed E-state index contributed by atoms with van der Waals surface area (Å²) in [5, 5.41) is 4.56. The summed E-state index contributed by atoms with van der Waals surface area (Å²) < 4.78 is 3.12. The van der Waals surface area contributed by atoms with Gasteiger partial charge in [0, 0.05) is 13.0 Å². The molecule has 1 heterocycles. The third kappa shape index (κ3) is 3.20. The molecule has 0 aliphatic rings. The van der Waals surface area contributed by atoms with Crippen LogP contribution in [0.3, 0.4) is 0 Å². The molecule has 1 atom stereocenters. The summed E-state index contributed by atoms with van der Waals surface area (Å²) in [4.78, 5) is 0. The van der Waals surface area contributed by atoms with E-state index in [0.29, 0.717) is 0 Å². The Morgan fingerprint density at radius 1 is 1.29 bits per heavy atom. The van der Waals surface area contributed by atoms with Crippen LogP contribution < -0.4 is 11.3 Å². The van der Waals surface area contributed by atoms with Gasteiger partial charge in [0.25, 0.3) is 0 Å². The first-order valence-corrected chi connectivity index (χ1v) is 8.02. The van der Waals surface area contributed by atoms with Crippen LogP contribution >= 0.6 is 15.9 Å². The summed E-state index contributed by atoms with van der Waals surface area (Å²) in [6, 6.07) is 6.41. The molecule has 4 nitrogen and oxygen atoms in total. The molecule has 0 amide bonds. The highest BCUT2D eigenvalue weighted by Crippen LogP contribution is 2.29. The lowest BCUT2D eigenvalue weighted by atomic mass is 9.93. The lowest BCUT2D eigenvalue weighted by Gasteiger charge is -2.21. The molecule has 0 fully saturated rings. The first-order valence-electron chi connectivity index (χ1n) is 7.23. The summed E-state index contributed by atoms with van der Waals surface area (Å²) in [6.45, 7) is 9.23. The first-order chi connectivity index (χ1) is 9.99. The van der Waals surface area contributed by atoms with E-state index in [2.05, 4.69) is 65.4 Å². The van der Waals surface area contributed by atoms with Gasteiger partial charge < -0.3 is 0 Å². The minimum absolute atomic E-state index is 0.0731. The Labute approximate surface area is 134 Å². The largest absolute Gasteiger partial charge is 0.271 e. The Kier molecular flexibility index (Phi) is 5.19. The molecule has 0 spiro atoms. The lowest BCUT2D eigenvalue weighted by Crippen LogP contribution is -2.31. The van der Waals surface area contributed by atoms with E-state index in [0.717, 1.165) is 23.1 Å². The Morgan fingerprint density at radius 3 is 2.43 bits per heavy atom. The topological polar surface area (TPSA) is 55.9 Å². The molecule has 1 aromatic heterocycles. The zero-order chi connectivity index (χ0) is 15.6. The number of halogens is 1. The van der Waals surface area contributed by atoms with Crippen LogP contribution in [0.5, 0.6) is 0 Å². The van der Waals surface area contributed by atoms with E-state index in [1.54, 1.807) is 0 Å². The van der Waals surface area contributed by atoms with Crippen molar-refractivity contribution in [2.45, 2.75) is 46.7 Å². The van der Waals surface area contributed by atoms with Crippen molar-refractivity contribution >= 4 is 15.9 Å². The van der Waals surface area contributed by atoms with Gasteiger partial charge in [-0.2, -0.15) is 5.10 Å². The second-order valence-electron chi connectivity index (χ2n) is 5.39. The van der Waals surface area contributed by atoms with Crippen molar-refractivity contribution in [3.8, 4) is 0 Å². The molecule has 2 rings (SSSR count). The molecule has 3 N–H and O–H groups in total. The van der Waals surface area contributed by atoms with Gasteiger partial charge in [-0.3, -0.25) is 16.0 Å². The molecule has 0 aliphatic carbocycles. The molecule has 114 valence electrons. The van der Waals surface area contributed by atoms with Crippen molar-refractivity contribution < 1.29 is 0 Å². The maximum atomic E-state index is 5.84. The smallest absolute Gasteiger partial charge is 0.0738 e. The van der Waals surface area contributed by atoms with Gasteiger partial charge in [0.1, 0.15) is 0 Å². The highest BCUT2D eigenvalue weighted by Gasteiger charge is 2.20. The van der Waals surface area contributed by atoms with Crippen LogP contribution in [-0.2, 0) is 13.0 Å². The van der Waals surface area contributed by atoms with E-state index in [1.165, 1.54) is 22.4 Å². The maximum absolute atomic E-state index is 5.84. The zero-order valence-electron chi connectivity index (χ0n) is 13.1. The number of nitrogens with zero attached hydrogens (tertiary/aromatic N) is 2. The van der Waals surface area contributed by atoms with Gasteiger partial charge in [0.15, 0.2) is 0 Å². The van der Waals surface area contributed by atoms with Crippen LogP contribution in [-0.4, -0.2) is 9.78 Å². The number of aromatic nitrogens is 2. The number of hydrogen-bond donors (Lipinski definition) is 2. The maximum Gasteiger partial charge on any atom is 0.0738 e. The Morgan fingerprint density at radius 2 is 1.90 bits per heavy atom. The van der Waals surface area contributed by atoms with Crippen molar-refractivity contribution in [2.75, 3.05) is 0 Å². The third-order valence-electron chi connectivity index (χ3n) is 3.94. The van der Waals surface area contributed by atoms with Gasteiger partial charge in [0.2, 0.25) is 0 Å². The standard InChI is InChI=1S/C16H23BrN4/c1-5-21-14(16(17)12(4)20-21)9-13(19-18)15-10(2)7-6-8-11(15)3/h6-8,13,19H,5,9,18H2,1-4H3. The van der Waals surface area contributed by atoms with Gasteiger partial charge in [-0.15, -0.1) is 0 Å². The van der Waals surface area contributed by atoms with E-state index < -0.39 is 0 Å². The number of nitrogens with one attached hydrogen (secondary N) is 1. The number of rotatable bonds is 5. The summed E-state index contributed by atoms with van der Waals surface area (Å²) >= 11 is 3.66.